The number of carbonyl (C=O) groups is 1. The first kappa shape index (κ1) is 13.7. The zero-order valence-corrected chi connectivity index (χ0v) is 10.3. The molecule has 0 aliphatic rings. The molecular weight excluding hydrogens is 242 g/mol. The molecule has 0 fully saturated rings. The van der Waals surface area contributed by atoms with Crippen LogP contribution in [0.2, 0.25) is 0 Å². The lowest BCUT2D eigenvalue weighted by Crippen LogP contribution is -2.35. The van der Waals surface area contributed by atoms with Gasteiger partial charge in [0.2, 0.25) is 10.0 Å². The summed E-state index contributed by atoms with van der Waals surface area (Å²) < 4.78 is 25.3. The minimum Gasteiger partial charge on any atom is -0.480 e. The number of hydrogen-bond acceptors (Lipinski definition) is 3. The maximum Gasteiger partial charge on any atom is 0.326 e. The third-order valence-corrected chi connectivity index (χ3v) is 3.69. The van der Waals surface area contributed by atoms with Crippen LogP contribution in [0.15, 0.2) is 30.3 Å². The maximum absolute atomic E-state index is 11.5. The van der Waals surface area contributed by atoms with E-state index in [1.807, 2.05) is 0 Å². The van der Waals surface area contributed by atoms with Crippen molar-refractivity contribution >= 4 is 16.0 Å². The van der Waals surface area contributed by atoms with Crippen LogP contribution in [0.3, 0.4) is 0 Å². The van der Waals surface area contributed by atoms with Crippen LogP contribution in [-0.2, 0) is 14.8 Å². The van der Waals surface area contributed by atoms with Crippen LogP contribution in [0.25, 0.3) is 0 Å². The molecule has 5 nitrogen and oxygen atoms in total. The van der Waals surface area contributed by atoms with E-state index < -0.39 is 22.0 Å². The molecule has 2 N–H and O–H groups in total. The van der Waals surface area contributed by atoms with Crippen molar-refractivity contribution in [2.24, 2.45) is 0 Å². The lowest BCUT2D eigenvalue weighted by Gasteiger charge is -2.14. The van der Waals surface area contributed by atoms with Gasteiger partial charge in [-0.25, -0.2) is 8.42 Å². The largest absolute Gasteiger partial charge is 0.480 e. The first-order valence-electron chi connectivity index (χ1n) is 5.24. The molecule has 0 spiro atoms. The summed E-state index contributed by atoms with van der Waals surface area (Å²) in [7, 11) is -3.55. The van der Waals surface area contributed by atoms with E-state index in [1.165, 1.54) is 0 Å². The van der Waals surface area contributed by atoms with Crippen LogP contribution in [0.4, 0.5) is 0 Å². The molecule has 0 saturated carbocycles. The second-order valence-electron chi connectivity index (χ2n) is 3.62. The summed E-state index contributed by atoms with van der Waals surface area (Å²) in [5.41, 5.74) is 0.416. The highest BCUT2D eigenvalue weighted by Gasteiger charge is 2.24. The van der Waals surface area contributed by atoms with Gasteiger partial charge in [0, 0.05) is 0 Å². The lowest BCUT2D eigenvalue weighted by molar-refractivity contribution is -0.139. The summed E-state index contributed by atoms with van der Waals surface area (Å²) in [4.78, 5) is 11.1. The summed E-state index contributed by atoms with van der Waals surface area (Å²) >= 11 is 0. The van der Waals surface area contributed by atoms with Crippen molar-refractivity contribution in [1.29, 1.82) is 0 Å². The van der Waals surface area contributed by atoms with Crippen molar-refractivity contribution in [2.45, 2.75) is 19.4 Å². The van der Waals surface area contributed by atoms with E-state index in [-0.39, 0.29) is 5.75 Å². The third-order valence-electron chi connectivity index (χ3n) is 2.15. The molecule has 0 radical (unpaired) electrons. The van der Waals surface area contributed by atoms with Gasteiger partial charge in [-0.05, 0) is 12.0 Å². The number of hydrogen-bond donors (Lipinski definition) is 2. The molecule has 1 aromatic rings. The van der Waals surface area contributed by atoms with E-state index in [0.717, 1.165) is 0 Å². The topological polar surface area (TPSA) is 83.5 Å². The van der Waals surface area contributed by atoms with Gasteiger partial charge in [-0.15, -0.1) is 0 Å². The summed E-state index contributed by atoms with van der Waals surface area (Å²) in [6.45, 7) is 1.72. The minimum absolute atomic E-state index is 0.0797. The quantitative estimate of drug-likeness (QED) is 0.800. The number of carboxylic acid groups (broad SMARTS) is 1. The number of sulfonamides is 1. The van der Waals surface area contributed by atoms with E-state index >= 15 is 0 Å². The first-order chi connectivity index (χ1) is 7.96. The Bertz CT molecular complexity index is 470. The summed E-state index contributed by atoms with van der Waals surface area (Å²) in [5, 5.41) is 9.03. The Kier molecular flexibility index (Phi) is 4.65. The van der Waals surface area contributed by atoms with Gasteiger partial charge in [-0.1, -0.05) is 37.3 Å². The highest BCUT2D eigenvalue weighted by atomic mass is 32.2. The van der Waals surface area contributed by atoms with Crippen molar-refractivity contribution in [2.75, 3.05) is 5.75 Å². The Morgan fingerprint density at radius 3 is 2.41 bits per heavy atom. The normalized spacial score (nSPS) is 13.2. The number of benzene rings is 1. The van der Waals surface area contributed by atoms with Crippen molar-refractivity contribution in [3.05, 3.63) is 35.9 Å². The second kappa shape index (κ2) is 5.79. The Balaban J connectivity index is 2.93. The van der Waals surface area contributed by atoms with Crippen molar-refractivity contribution < 1.29 is 18.3 Å². The predicted octanol–water partition coefficient (Wildman–Crippen LogP) is 1.14. The standard InChI is InChI=1S/C11H15NO4S/c1-2-8-17(15,16)12-10(11(13)14)9-6-4-3-5-7-9/h3-7,10,12H,2,8H2,1H3,(H,13,14). The van der Waals surface area contributed by atoms with Crippen LogP contribution in [0.1, 0.15) is 24.9 Å². The van der Waals surface area contributed by atoms with Gasteiger partial charge < -0.3 is 5.11 Å². The highest BCUT2D eigenvalue weighted by Crippen LogP contribution is 2.14. The summed E-state index contributed by atoms with van der Waals surface area (Å²) in [5.74, 6) is -1.29. The fraction of sp³-hybridized carbons (Fsp3) is 0.364. The van der Waals surface area contributed by atoms with E-state index in [1.54, 1.807) is 37.3 Å². The number of nitrogens with one attached hydrogen (secondary N) is 1. The molecule has 1 rings (SSSR count). The highest BCUT2D eigenvalue weighted by molar-refractivity contribution is 7.89. The molecule has 0 aliphatic carbocycles. The summed E-state index contributed by atoms with van der Waals surface area (Å²) in [6.07, 6.45) is 0.441. The Hall–Kier alpha value is -1.40. The Morgan fingerprint density at radius 2 is 1.94 bits per heavy atom. The first-order valence-corrected chi connectivity index (χ1v) is 6.89. The zero-order valence-electron chi connectivity index (χ0n) is 9.46. The van der Waals surface area contributed by atoms with Crippen LogP contribution in [0, 0.1) is 0 Å². The molecule has 1 atom stereocenters. The van der Waals surface area contributed by atoms with Crippen LogP contribution in [0.5, 0.6) is 0 Å². The molecule has 1 aromatic carbocycles. The lowest BCUT2D eigenvalue weighted by atomic mass is 10.1. The molecular formula is C11H15NO4S. The SMILES string of the molecule is CCCS(=O)(=O)NC(C(=O)O)c1ccccc1. The fourth-order valence-corrected chi connectivity index (χ4v) is 2.67. The number of rotatable bonds is 6. The predicted molar refractivity (Wildman–Crippen MR) is 64.0 cm³/mol. The molecule has 0 saturated heterocycles. The summed E-state index contributed by atoms with van der Waals surface area (Å²) in [6, 6.07) is 7.00. The number of carboxylic acids is 1. The molecule has 0 aliphatic heterocycles. The van der Waals surface area contributed by atoms with E-state index in [4.69, 9.17) is 5.11 Å². The molecule has 0 aromatic heterocycles. The minimum atomic E-state index is -3.55. The van der Waals surface area contributed by atoms with Gasteiger partial charge in [0.25, 0.3) is 0 Å². The molecule has 17 heavy (non-hydrogen) atoms. The van der Waals surface area contributed by atoms with Crippen LogP contribution < -0.4 is 4.72 Å². The maximum atomic E-state index is 11.5. The van der Waals surface area contributed by atoms with Gasteiger partial charge in [0.1, 0.15) is 6.04 Å². The van der Waals surface area contributed by atoms with Crippen LogP contribution in [-0.4, -0.2) is 25.2 Å². The molecule has 6 heteroatoms. The number of aliphatic carboxylic acids is 1. The van der Waals surface area contributed by atoms with Gasteiger partial charge in [0.15, 0.2) is 0 Å². The van der Waals surface area contributed by atoms with E-state index in [9.17, 15) is 13.2 Å². The fourth-order valence-electron chi connectivity index (χ4n) is 1.41. The Morgan fingerprint density at radius 1 is 1.35 bits per heavy atom. The van der Waals surface area contributed by atoms with Gasteiger partial charge in [-0.2, -0.15) is 4.72 Å². The van der Waals surface area contributed by atoms with E-state index in [0.29, 0.717) is 12.0 Å². The van der Waals surface area contributed by atoms with Gasteiger partial charge in [0.05, 0.1) is 5.75 Å². The average Bonchev–Trinajstić information content (AvgIpc) is 2.27. The Labute approximate surface area is 101 Å². The second-order valence-corrected chi connectivity index (χ2v) is 5.49. The molecule has 0 amide bonds. The molecule has 1 unspecified atom stereocenters. The smallest absolute Gasteiger partial charge is 0.326 e. The van der Waals surface area contributed by atoms with Gasteiger partial charge >= 0.3 is 5.97 Å². The third kappa shape index (κ3) is 4.16. The van der Waals surface area contributed by atoms with Crippen molar-refractivity contribution in [3.63, 3.8) is 0 Å². The molecule has 94 valence electrons. The van der Waals surface area contributed by atoms with Crippen LogP contribution >= 0.6 is 0 Å². The molecule has 0 heterocycles. The molecule has 0 bridgehead atoms. The zero-order chi connectivity index (χ0) is 12.9. The van der Waals surface area contributed by atoms with Gasteiger partial charge in [-0.3, -0.25) is 4.79 Å². The van der Waals surface area contributed by atoms with E-state index in [2.05, 4.69) is 4.72 Å². The van der Waals surface area contributed by atoms with Crippen molar-refractivity contribution in [3.8, 4) is 0 Å². The monoisotopic (exact) mass is 257 g/mol. The van der Waals surface area contributed by atoms with Crippen molar-refractivity contribution in [1.82, 2.24) is 4.72 Å². The average molecular weight is 257 g/mol.